The van der Waals surface area contributed by atoms with Crippen LogP contribution in [0.3, 0.4) is 0 Å². The molecule has 21 heavy (non-hydrogen) atoms. The van der Waals surface area contributed by atoms with Crippen LogP contribution in [0, 0.1) is 6.92 Å². The van der Waals surface area contributed by atoms with E-state index in [0.29, 0.717) is 30.7 Å². The number of hydrogen-bond donors (Lipinski definition) is 0. The quantitative estimate of drug-likeness (QED) is 0.793. The fourth-order valence-corrected chi connectivity index (χ4v) is 5.13. The molecule has 118 valence electrons. The highest BCUT2D eigenvalue weighted by atomic mass is 35.5. The normalized spacial score (nSPS) is 25.0. The summed E-state index contributed by atoms with van der Waals surface area (Å²) in [5, 5.41) is 0. The average molecular weight is 333 g/mol. The Morgan fingerprint density at radius 1 is 1.33 bits per heavy atom. The van der Waals surface area contributed by atoms with Gasteiger partial charge in [0.25, 0.3) is 0 Å². The summed E-state index contributed by atoms with van der Waals surface area (Å²) in [6.45, 7) is 5.05. The summed E-state index contributed by atoms with van der Waals surface area (Å²) in [6, 6.07) is 1.92. The zero-order chi connectivity index (χ0) is 15.0. The molecule has 0 bridgehead atoms. The summed E-state index contributed by atoms with van der Waals surface area (Å²) in [7, 11) is -3.47. The van der Waals surface area contributed by atoms with Crippen molar-refractivity contribution in [3.05, 3.63) is 17.6 Å². The van der Waals surface area contributed by atoms with Crippen molar-refractivity contribution in [1.29, 1.82) is 0 Å². The van der Waals surface area contributed by atoms with E-state index in [1.165, 1.54) is 12.8 Å². The Morgan fingerprint density at radius 3 is 2.67 bits per heavy atom. The molecule has 0 aromatic carbocycles. The smallest absolute Gasteiger partial charge is 0.246 e. The lowest BCUT2D eigenvalue weighted by Gasteiger charge is -2.23. The SMILES string of the molecule is Cc1oc(CCl)cc1S(=O)(=O)N1CCC(N2CCCC2)C1. The third-order valence-electron chi connectivity index (χ3n) is 4.46. The number of alkyl halides is 1. The van der Waals surface area contributed by atoms with Gasteiger partial charge in [-0.25, -0.2) is 8.42 Å². The first-order valence-corrected chi connectivity index (χ1v) is 9.39. The van der Waals surface area contributed by atoms with E-state index in [-0.39, 0.29) is 10.8 Å². The summed E-state index contributed by atoms with van der Waals surface area (Å²) < 4.78 is 32.5. The van der Waals surface area contributed by atoms with Gasteiger partial charge in [0.2, 0.25) is 10.0 Å². The maximum absolute atomic E-state index is 12.7. The molecule has 2 fully saturated rings. The summed E-state index contributed by atoms with van der Waals surface area (Å²) in [4.78, 5) is 2.68. The Kier molecular flexibility index (Phi) is 4.32. The van der Waals surface area contributed by atoms with E-state index < -0.39 is 10.0 Å². The minimum Gasteiger partial charge on any atom is -0.464 e. The van der Waals surface area contributed by atoms with Crippen LogP contribution in [0.25, 0.3) is 0 Å². The number of furan rings is 1. The van der Waals surface area contributed by atoms with Crippen LogP contribution >= 0.6 is 11.6 Å². The first-order valence-electron chi connectivity index (χ1n) is 7.42. The number of hydrogen-bond acceptors (Lipinski definition) is 4. The second-order valence-electron chi connectivity index (χ2n) is 5.82. The van der Waals surface area contributed by atoms with E-state index in [4.69, 9.17) is 16.0 Å². The Labute approximate surface area is 130 Å². The molecule has 0 spiro atoms. The number of aryl methyl sites for hydroxylation is 1. The van der Waals surface area contributed by atoms with Crippen LogP contribution in [0.4, 0.5) is 0 Å². The molecule has 2 aliphatic heterocycles. The zero-order valence-corrected chi connectivity index (χ0v) is 13.8. The molecule has 1 unspecified atom stereocenters. The molecule has 3 heterocycles. The molecule has 2 saturated heterocycles. The molecule has 5 nitrogen and oxygen atoms in total. The summed E-state index contributed by atoms with van der Waals surface area (Å²) in [5.41, 5.74) is 0. The highest BCUT2D eigenvalue weighted by Gasteiger charge is 2.37. The minimum atomic E-state index is -3.47. The van der Waals surface area contributed by atoms with Crippen LogP contribution in [0.5, 0.6) is 0 Å². The number of sulfonamides is 1. The van der Waals surface area contributed by atoms with Crippen molar-refractivity contribution in [2.75, 3.05) is 26.2 Å². The Morgan fingerprint density at radius 2 is 2.05 bits per heavy atom. The third-order valence-corrected chi connectivity index (χ3v) is 6.69. The monoisotopic (exact) mass is 332 g/mol. The van der Waals surface area contributed by atoms with Crippen molar-refractivity contribution in [1.82, 2.24) is 9.21 Å². The maximum Gasteiger partial charge on any atom is 0.246 e. The lowest BCUT2D eigenvalue weighted by atomic mass is 10.2. The zero-order valence-electron chi connectivity index (χ0n) is 12.2. The van der Waals surface area contributed by atoms with E-state index in [1.54, 1.807) is 17.3 Å². The van der Waals surface area contributed by atoms with Gasteiger partial charge in [-0.1, -0.05) is 0 Å². The molecular formula is C14H21ClN2O3S. The van der Waals surface area contributed by atoms with Gasteiger partial charge >= 0.3 is 0 Å². The van der Waals surface area contributed by atoms with Crippen LogP contribution in [-0.2, 0) is 15.9 Å². The number of rotatable bonds is 4. The van der Waals surface area contributed by atoms with Crippen molar-refractivity contribution in [3.63, 3.8) is 0 Å². The Hall–Kier alpha value is -0.560. The molecule has 2 aliphatic rings. The van der Waals surface area contributed by atoms with Crippen molar-refractivity contribution in [3.8, 4) is 0 Å². The molecule has 0 radical (unpaired) electrons. The molecule has 1 atom stereocenters. The molecule has 0 aliphatic carbocycles. The van der Waals surface area contributed by atoms with Gasteiger partial charge in [-0.2, -0.15) is 4.31 Å². The van der Waals surface area contributed by atoms with Crippen LogP contribution in [0.2, 0.25) is 0 Å². The fourth-order valence-electron chi connectivity index (χ4n) is 3.32. The Balaban J connectivity index is 1.77. The predicted octanol–water partition coefficient (Wildman–Crippen LogP) is 2.19. The first kappa shape index (κ1) is 15.3. The van der Waals surface area contributed by atoms with Gasteiger partial charge in [-0.15, -0.1) is 11.6 Å². The lowest BCUT2D eigenvalue weighted by Crippen LogP contribution is -2.37. The van der Waals surface area contributed by atoms with Crippen LogP contribution in [0.15, 0.2) is 15.4 Å². The lowest BCUT2D eigenvalue weighted by molar-refractivity contribution is 0.251. The Bertz CT molecular complexity index is 608. The van der Waals surface area contributed by atoms with Gasteiger partial charge in [0.15, 0.2) is 0 Å². The van der Waals surface area contributed by atoms with Gasteiger partial charge < -0.3 is 4.42 Å². The van der Waals surface area contributed by atoms with Gasteiger partial charge in [-0.05, 0) is 39.3 Å². The molecule has 7 heteroatoms. The standard InChI is InChI=1S/C14H21ClN2O3S/c1-11-14(8-13(9-15)20-11)21(18,19)17-7-4-12(10-17)16-5-2-3-6-16/h8,12H,2-7,9-10H2,1H3. The first-order chi connectivity index (χ1) is 10.0. The molecule has 1 aromatic heterocycles. The van der Waals surface area contributed by atoms with Crippen LogP contribution in [-0.4, -0.2) is 49.8 Å². The number of likely N-dealkylation sites (tertiary alicyclic amines) is 1. The van der Waals surface area contributed by atoms with Gasteiger partial charge in [0, 0.05) is 25.2 Å². The molecule has 1 aromatic rings. The predicted molar refractivity (Wildman–Crippen MR) is 81.0 cm³/mol. The molecule has 3 rings (SSSR count). The minimum absolute atomic E-state index is 0.187. The van der Waals surface area contributed by atoms with Crippen molar-refractivity contribution < 1.29 is 12.8 Å². The van der Waals surface area contributed by atoms with Gasteiger partial charge in [0.05, 0.1) is 5.88 Å². The topological polar surface area (TPSA) is 53.8 Å². The largest absolute Gasteiger partial charge is 0.464 e. The second kappa shape index (κ2) is 5.91. The van der Waals surface area contributed by atoms with E-state index in [2.05, 4.69) is 4.90 Å². The second-order valence-corrected chi connectivity index (χ2v) is 7.99. The maximum atomic E-state index is 12.7. The van der Waals surface area contributed by atoms with Gasteiger partial charge in [0.1, 0.15) is 16.4 Å². The van der Waals surface area contributed by atoms with Crippen molar-refractivity contribution in [2.45, 2.75) is 43.0 Å². The number of nitrogens with zero attached hydrogens (tertiary/aromatic N) is 2. The highest BCUT2D eigenvalue weighted by molar-refractivity contribution is 7.89. The van der Waals surface area contributed by atoms with E-state index in [0.717, 1.165) is 19.5 Å². The van der Waals surface area contributed by atoms with Crippen LogP contribution < -0.4 is 0 Å². The molecule has 0 amide bonds. The summed E-state index contributed by atoms with van der Waals surface area (Å²) in [5.74, 6) is 1.12. The van der Waals surface area contributed by atoms with E-state index in [1.807, 2.05) is 0 Å². The molecule has 0 N–H and O–H groups in total. The average Bonchev–Trinajstić information content (AvgIpc) is 3.18. The molecule has 0 saturated carbocycles. The van der Waals surface area contributed by atoms with Crippen molar-refractivity contribution in [2.24, 2.45) is 0 Å². The summed E-state index contributed by atoms with van der Waals surface area (Å²) in [6.07, 6.45) is 3.37. The highest BCUT2D eigenvalue weighted by Crippen LogP contribution is 2.29. The fraction of sp³-hybridized carbons (Fsp3) is 0.714. The molecular weight excluding hydrogens is 312 g/mol. The van der Waals surface area contributed by atoms with Gasteiger partial charge in [-0.3, -0.25) is 4.90 Å². The van der Waals surface area contributed by atoms with E-state index in [9.17, 15) is 8.42 Å². The number of halogens is 1. The summed E-state index contributed by atoms with van der Waals surface area (Å²) >= 11 is 5.72. The third kappa shape index (κ3) is 2.86. The van der Waals surface area contributed by atoms with Crippen LogP contribution in [0.1, 0.15) is 30.8 Å². The van der Waals surface area contributed by atoms with Crippen molar-refractivity contribution >= 4 is 21.6 Å². The van der Waals surface area contributed by atoms with E-state index >= 15 is 0 Å².